The number of aromatic nitrogens is 2. The zero-order valence-electron chi connectivity index (χ0n) is 9.75. The predicted octanol–water partition coefficient (Wildman–Crippen LogP) is 4.23. The maximum Gasteiger partial charge on any atom is 0.140 e. The van der Waals surface area contributed by atoms with Crippen LogP contribution in [0.2, 0.25) is 5.02 Å². The highest BCUT2D eigenvalue weighted by Gasteiger charge is 2.14. The van der Waals surface area contributed by atoms with Gasteiger partial charge in [-0.1, -0.05) is 29.8 Å². The maximum atomic E-state index is 8.97. The number of fused-ring (bicyclic) bond motifs is 1. The molecule has 0 aliphatic heterocycles. The summed E-state index contributed by atoms with van der Waals surface area (Å²) in [7, 11) is 0. The van der Waals surface area contributed by atoms with Crippen LogP contribution in [0, 0.1) is 10.7 Å². The molecule has 0 spiro atoms. The number of hydrogen-bond donors (Lipinski definition) is 0. The van der Waals surface area contributed by atoms with Crippen molar-refractivity contribution in [2.75, 3.05) is 0 Å². The third-order valence-corrected chi connectivity index (χ3v) is 3.64. The van der Waals surface area contributed by atoms with Gasteiger partial charge in [-0.15, -0.1) is 0 Å². The summed E-state index contributed by atoms with van der Waals surface area (Å²) in [4.78, 5) is 4.58. The number of benzene rings is 1. The topological polar surface area (TPSA) is 41.1 Å². The van der Waals surface area contributed by atoms with Gasteiger partial charge in [-0.05, 0) is 24.3 Å². The summed E-state index contributed by atoms with van der Waals surface area (Å²) in [5.74, 6) is 0. The molecule has 3 nitrogen and oxygen atoms in total. The highest BCUT2D eigenvalue weighted by molar-refractivity contribution is 8.03. The van der Waals surface area contributed by atoms with Crippen molar-refractivity contribution >= 4 is 29.0 Å². The normalized spacial score (nSPS) is 10.5. The molecule has 0 unspecified atom stereocenters. The summed E-state index contributed by atoms with van der Waals surface area (Å²) in [6.45, 7) is 0. The SMILES string of the molecule is N#CSc1c(-c2cccc(Cl)c2)nc2ccccn12. The zero-order chi connectivity index (χ0) is 13.2. The number of halogens is 1. The number of imidazole rings is 1. The first-order valence-corrected chi connectivity index (χ1v) is 6.78. The van der Waals surface area contributed by atoms with Gasteiger partial charge in [0.1, 0.15) is 21.8 Å². The second kappa shape index (κ2) is 4.96. The van der Waals surface area contributed by atoms with Crippen molar-refractivity contribution in [1.29, 1.82) is 5.26 Å². The second-order valence-corrected chi connectivity index (χ2v) is 5.11. The van der Waals surface area contributed by atoms with Crippen LogP contribution in [0.1, 0.15) is 0 Å². The molecule has 3 rings (SSSR count). The fraction of sp³-hybridized carbons (Fsp3) is 0. The molecule has 0 saturated carbocycles. The average molecular weight is 286 g/mol. The Morgan fingerprint density at radius 3 is 2.89 bits per heavy atom. The third kappa shape index (κ3) is 2.19. The Labute approximate surface area is 119 Å². The molecule has 3 aromatic rings. The van der Waals surface area contributed by atoms with Gasteiger partial charge >= 0.3 is 0 Å². The minimum absolute atomic E-state index is 0.655. The van der Waals surface area contributed by atoms with Gasteiger partial charge in [0, 0.05) is 28.5 Å². The Balaban J connectivity index is 2.28. The number of rotatable bonds is 2. The van der Waals surface area contributed by atoms with E-state index in [1.165, 1.54) is 0 Å². The number of thioether (sulfide) groups is 1. The fourth-order valence-corrected chi connectivity index (χ4v) is 2.73. The first-order valence-electron chi connectivity index (χ1n) is 5.58. The molecule has 2 heterocycles. The van der Waals surface area contributed by atoms with E-state index in [-0.39, 0.29) is 0 Å². The van der Waals surface area contributed by atoms with E-state index in [2.05, 4.69) is 10.4 Å². The van der Waals surface area contributed by atoms with E-state index in [1.54, 1.807) is 0 Å². The van der Waals surface area contributed by atoms with Gasteiger partial charge < -0.3 is 0 Å². The standard InChI is InChI=1S/C14H8ClN3S/c15-11-5-3-4-10(8-11)13-14(19-9-16)18-7-2-1-6-12(18)17-13/h1-8H. The number of thiocyanates is 1. The van der Waals surface area contributed by atoms with Gasteiger partial charge in [0.25, 0.3) is 0 Å². The quantitative estimate of drug-likeness (QED) is 0.523. The summed E-state index contributed by atoms with van der Waals surface area (Å²) in [5.41, 5.74) is 2.50. The third-order valence-electron chi connectivity index (χ3n) is 2.73. The Bertz CT molecular complexity index is 789. The smallest absolute Gasteiger partial charge is 0.140 e. The molecule has 0 aliphatic carbocycles. The number of hydrogen-bond acceptors (Lipinski definition) is 3. The highest BCUT2D eigenvalue weighted by atomic mass is 35.5. The van der Waals surface area contributed by atoms with Crippen molar-refractivity contribution in [3.8, 4) is 16.7 Å². The Kier molecular flexibility index (Phi) is 3.16. The molecular formula is C14H8ClN3S. The number of pyridine rings is 1. The van der Waals surface area contributed by atoms with Crippen LogP contribution in [0.3, 0.4) is 0 Å². The zero-order valence-corrected chi connectivity index (χ0v) is 11.3. The van der Waals surface area contributed by atoms with Gasteiger partial charge in [-0.3, -0.25) is 4.40 Å². The molecule has 0 saturated heterocycles. The van der Waals surface area contributed by atoms with Crippen molar-refractivity contribution in [3.05, 3.63) is 53.7 Å². The lowest BCUT2D eigenvalue weighted by Gasteiger charge is -2.00. The molecular weight excluding hydrogens is 278 g/mol. The van der Waals surface area contributed by atoms with Crippen LogP contribution < -0.4 is 0 Å². The van der Waals surface area contributed by atoms with Crippen molar-refractivity contribution in [2.24, 2.45) is 0 Å². The van der Waals surface area contributed by atoms with Crippen LogP contribution in [0.15, 0.2) is 53.7 Å². The van der Waals surface area contributed by atoms with Crippen LogP contribution in [-0.4, -0.2) is 9.38 Å². The van der Waals surface area contributed by atoms with Crippen LogP contribution in [-0.2, 0) is 0 Å². The van der Waals surface area contributed by atoms with E-state index in [0.29, 0.717) is 5.02 Å². The molecule has 0 aliphatic rings. The number of nitrogens with zero attached hydrogens (tertiary/aromatic N) is 3. The van der Waals surface area contributed by atoms with E-state index in [9.17, 15) is 0 Å². The summed E-state index contributed by atoms with van der Waals surface area (Å²) in [5, 5.41) is 12.5. The second-order valence-electron chi connectivity index (χ2n) is 3.90. The van der Waals surface area contributed by atoms with E-state index in [4.69, 9.17) is 16.9 Å². The van der Waals surface area contributed by atoms with Crippen molar-refractivity contribution in [3.63, 3.8) is 0 Å². The lowest BCUT2D eigenvalue weighted by molar-refractivity contribution is 1.06. The van der Waals surface area contributed by atoms with E-state index in [1.807, 2.05) is 53.1 Å². The van der Waals surface area contributed by atoms with E-state index >= 15 is 0 Å². The summed E-state index contributed by atoms with van der Waals surface area (Å²) >= 11 is 7.12. The Morgan fingerprint density at radius 2 is 2.11 bits per heavy atom. The molecule has 0 radical (unpaired) electrons. The summed E-state index contributed by atoms with van der Waals surface area (Å²) in [6, 6.07) is 13.2. The lowest BCUT2D eigenvalue weighted by Crippen LogP contribution is -1.85. The van der Waals surface area contributed by atoms with Crippen molar-refractivity contribution < 1.29 is 0 Å². The van der Waals surface area contributed by atoms with Crippen LogP contribution in [0.25, 0.3) is 16.9 Å². The first-order chi connectivity index (χ1) is 9.29. The fourth-order valence-electron chi connectivity index (χ4n) is 1.94. The number of nitriles is 1. The van der Waals surface area contributed by atoms with Gasteiger partial charge in [0.2, 0.25) is 0 Å². The summed E-state index contributed by atoms with van der Waals surface area (Å²) in [6.07, 6.45) is 1.90. The predicted molar refractivity (Wildman–Crippen MR) is 77.1 cm³/mol. The first kappa shape index (κ1) is 12.1. The Hall–Kier alpha value is -1.96. The lowest BCUT2D eigenvalue weighted by atomic mass is 10.2. The average Bonchev–Trinajstić information content (AvgIpc) is 2.79. The molecule has 2 aromatic heterocycles. The highest BCUT2D eigenvalue weighted by Crippen LogP contribution is 2.32. The molecule has 0 fully saturated rings. The summed E-state index contributed by atoms with van der Waals surface area (Å²) < 4.78 is 1.91. The van der Waals surface area contributed by atoms with Gasteiger partial charge in [0.05, 0.1) is 0 Å². The maximum absolute atomic E-state index is 8.97. The molecule has 0 amide bonds. The van der Waals surface area contributed by atoms with Gasteiger partial charge in [-0.2, -0.15) is 5.26 Å². The van der Waals surface area contributed by atoms with Crippen molar-refractivity contribution in [2.45, 2.75) is 5.03 Å². The van der Waals surface area contributed by atoms with E-state index < -0.39 is 0 Å². The van der Waals surface area contributed by atoms with Crippen molar-refractivity contribution in [1.82, 2.24) is 9.38 Å². The largest absolute Gasteiger partial charge is 0.293 e. The molecule has 19 heavy (non-hydrogen) atoms. The van der Waals surface area contributed by atoms with E-state index in [0.717, 1.165) is 33.7 Å². The molecule has 5 heteroatoms. The molecule has 0 bridgehead atoms. The molecule has 92 valence electrons. The van der Waals surface area contributed by atoms with Gasteiger partial charge in [0.15, 0.2) is 0 Å². The molecule has 0 atom stereocenters. The van der Waals surface area contributed by atoms with Crippen LogP contribution in [0.5, 0.6) is 0 Å². The van der Waals surface area contributed by atoms with Crippen LogP contribution >= 0.6 is 23.4 Å². The molecule has 0 N–H and O–H groups in total. The minimum atomic E-state index is 0.655. The Morgan fingerprint density at radius 1 is 1.21 bits per heavy atom. The minimum Gasteiger partial charge on any atom is -0.293 e. The molecule has 1 aromatic carbocycles. The monoisotopic (exact) mass is 285 g/mol. The van der Waals surface area contributed by atoms with Gasteiger partial charge in [-0.25, -0.2) is 4.98 Å². The van der Waals surface area contributed by atoms with Crippen LogP contribution in [0.4, 0.5) is 0 Å².